The van der Waals surface area contributed by atoms with Crippen molar-refractivity contribution < 1.29 is 30.6 Å². The number of rotatable bonds is 5. The Hall–Kier alpha value is -2.76. The largest absolute Gasteiger partial charge is 0.504 e. The molecule has 0 radical (unpaired) electrons. The number of hydrogen-bond donors (Lipinski definition) is 6. The second-order valence-electron chi connectivity index (χ2n) is 13.1. The van der Waals surface area contributed by atoms with Gasteiger partial charge in [0.1, 0.15) is 0 Å². The summed E-state index contributed by atoms with van der Waals surface area (Å²) in [4.78, 5) is 0. The van der Waals surface area contributed by atoms with Crippen molar-refractivity contribution in [2.75, 3.05) is 0 Å². The summed E-state index contributed by atoms with van der Waals surface area (Å²) in [6, 6.07) is 3.12. The molecule has 0 bridgehead atoms. The summed E-state index contributed by atoms with van der Waals surface area (Å²) < 4.78 is 0. The van der Waals surface area contributed by atoms with Crippen LogP contribution >= 0.6 is 0 Å². The zero-order valence-corrected chi connectivity index (χ0v) is 22.8. The molecule has 0 aromatic heterocycles. The molecule has 6 nitrogen and oxygen atoms in total. The summed E-state index contributed by atoms with van der Waals surface area (Å²) in [5.74, 6) is -2.03. The van der Waals surface area contributed by atoms with Crippen LogP contribution < -0.4 is 0 Å². The maximum Gasteiger partial charge on any atom is 0.200 e. The van der Waals surface area contributed by atoms with Gasteiger partial charge in [0.15, 0.2) is 23.0 Å². The van der Waals surface area contributed by atoms with Crippen LogP contribution in [-0.2, 0) is 16.2 Å². The van der Waals surface area contributed by atoms with Crippen LogP contribution in [0.5, 0.6) is 34.5 Å². The monoisotopic (exact) mass is 498 g/mol. The van der Waals surface area contributed by atoms with Gasteiger partial charge in [0.05, 0.1) is 0 Å². The standard InChI is InChI=1S/C30H42O6/c1-14(2)11-28(7)13-30(22-17(28)9-19(31)24(34)26(22)36)18-10-20(32)23(33)25(35)21(18)29(8,12-15(3)4)27(30)16(5)6/h9-10,14-16,27,31-36H,11-13H2,1-8H3. The SMILES string of the molecule is CC(C)CC1(C)CC2(c3cc(O)c(O)c(O)c3C(C)(CC(C)C)C2C(C)C)c2c1cc(O)c(O)c2O. The predicted octanol–water partition coefficient (Wildman–Crippen LogP) is 6.50. The first-order valence-corrected chi connectivity index (χ1v) is 13.1. The predicted molar refractivity (Wildman–Crippen MR) is 140 cm³/mol. The summed E-state index contributed by atoms with van der Waals surface area (Å²) in [6.45, 7) is 17.0. The van der Waals surface area contributed by atoms with Crippen LogP contribution in [0.1, 0.15) is 96.9 Å². The maximum atomic E-state index is 11.5. The highest BCUT2D eigenvalue weighted by Crippen LogP contribution is 2.73. The molecule has 2 aliphatic rings. The van der Waals surface area contributed by atoms with E-state index in [9.17, 15) is 30.6 Å². The zero-order valence-electron chi connectivity index (χ0n) is 22.8. The molecule has 2 aliphatic carbocycles. The van der Waals surface area contributed by atoms with Crippen molar-refractivity contribution in [2.45, 2.75) is 90.9 Å². The Morgan fingerprint density at radius 3 is 1.64 bits per heavy atom. The molecule has 0 saturated carbocycles. The molecule has 0 fully saturated rings. The Bertz CT molecular complexity index is 1210. The number of hydrogen-bond acceptors (Lipinski definition) is 6. The molecular weight excluding hydrogens is 456 g/mol. The van der Waals surface area contributed by atoms with Crippen LogP contribution in [0.3, 0.4) is 0 Å². The van der Waals surface area contributed by atoms with E-state index < -0.39 is 33.5 Å². The molecule has 4 unspecified atom stereocenters. The Balaban J connectivity index is 2.23. The summed E-state index contributed by atoms with van der Waals surface area (Å²) in [5, 5.41) is 65.4. The topological polar surface area (TPSA) is 121 Å². The molecule has 0 heterocycles. The third-order valence-corrected chi connectivity index (χ3v) is 8.90. The van der Waals surface area contributed by atoms with Crippen molar-refractivity contribution in [1.82, 2.24) is 0 Å². The maximum absolute atomic E-state index is 11.5. The van der Waals surface area contributed by atoms with E-state index in [1.54, 1.807) is 12.1 Å². The number of phenols is 6. The lowest BCUT2D eigenvalue weighted by Gasteiger charge is -2.45. The molecule has 2 aromatic carbocycles. The van der Waals surface area contributed by atoms with E-state index in [2.05, 4.69) is 55.4 Å². The molecule has 4 rings (SSSR count). The second-order valence-corrected chi connectivity index (χ2v) is 13.1. The van der Waals surface area contributed by atoms with Gasteiger partial charge in [0.25, 0.3) is 0 Å². The third-order valence-electron chi connectivity index (χ3n) is 8.90. The summed E-state index contributed by atoms with van der Waals surface area (Å²) >= 11 is 0. The van der Waals surface area contributed by atoms with Gasteiger partial charge < -0.3 is 30.6 Å². The molecule has 4 atom stereocenters. The Morgan fingerprint density at radius 1 is 0.694 bits per heavy atom. The lowest BCUT2D eigenvalue weighted by atomic mass is 9.57. The molecule has 0 aliphatic heterocycles. The van der Waals surface area contributed by atoms with E-state index in [4.69, 9.17) is 0 Å². The lowest BCUT2D eigenvalue weighted by Crippen LogP contribution is -2.44. The van der Waals surface area contributed by atoms with Gasteiger partial charge in [-0.2, -0.15) is 0 Å². The first-order valence-electron chi connectivity index (χ1n) is 13.1. The summed E-state index contributed by atoms with van der Waals surface area (Å²) in [6.07, 6.45) is 2.06. The zero-order chi connectivity index (χ0) is 27.1. The Labute approximate surface area is 214 Å². The minimum absolute atomic E-state index is 0.0782. The van der Waals surface area contributed by atoms with E-state index in [1.165, 1.54) is 0 Å². The van der Waals surface area contributed by atoms with Gasteiger partial charge in [-0.1, -0.05) is 55.4 Å². The number of aromatic hydroxyl groups is 6. The van der Waals surface area contributed by atoms with Gasteiger partial charge in [0, 0.05) is 22.0 Å². The van der Waals surface area contributed by atoms with Gasteiger partial charge >= 0.3 is 0 Å². The van der Waals surface area contributed by atoms with Gasteiger partial charge in [0.2, 0.25) is 11.5 Å². The minimum atomic E-state index is -0.871. The summed E-state index contributed by atoms with van der Waals surface area (Å²) in [5.41, 5.74) is 0.669. The van der Waals surface area contributed by atoms with E-state index in [-0.39, 0.29) is 35.0 Å². The van der Waals surface area contributed by atoms with Crippen molar-refractivity contribution in [3.63, 3.8) is 0 Å². The van der Waals surface area contributed by atoms with E-state index in [0.29, 0.717) is 35.4 Å². The first kappa shape index (κ1) is 26.3. The van der Waals surface area contributed by atoms with Crippen LogP contribution in [-0.4, -0.2) is 30.6 Å². The smallest absolute Gasteiger partial charge is 0.200 e. The number of benzene rings is 2. The van der Waals surface area contributed by atoms with Crippen molar-refractivity contribution in [3.8, 4) is 34.5 Å². The van der Waals surface area contributed by atoms with Gasteiger partial charge in [-0.3, -0.25) is 0 Å². The van der Waals surface area contributed by atoms with Gasteiger partial charge in [-0.15, -0.1) is 0 Å². The Morgan fingerprint density at radius 2 is 1.17 bits per heavy atom. The van der Waals surface area contributed by atoms with Crippen LogP contribution in [0, 0.1) is 23.7 Å². The fraction of sp³-hybridized carbons (Fsp3) is 0.600. The number of phenolic OH excluding ortho intramolecular Hbond substituents is 6. The minimum Gasteiger partial charge on any atom is -0.504 e. The van der Waals surface area contributed by atoms with Gasteiger partial charge in [-0.25, -0.2) is 0 Å². The summed E-state index contributed by atoms with van der Waals surface area (Å²) in [7, 11) is 0. The number of fused-ring (bicyclic) bond motifs is 4. The normalized spacial score (nSPS) is 29.0. The fourth-order valence-corrected chi connectivity index (χ4v) is 8.77. The highest BCUT2D eigenvalue weighted by molar-refractivity contribution is 5.73. The Kier molecular flexibility index (Phi) is 5.94. The van der Waals surface area contributed by atoms with E-state index >= 15 is 0 Å². The third kappa shape index (κ3) is 3.29. The van der Waals surface area contributed by atoms with E-state index in [0.717, 1.165) is 12.0 Å². The average Bonchev–Trinajstić information content (AvgIpc) is 3.08. The molecule has 0 amide bonds. The first-order chi connectivity index (χ1) is 16.5. The molecular formula is C30H42O6. The molecule has 6 N–H and O–H groups in total. The van der Waals surface area contributed by atoms with Crippen molar-refractivity contribution in [1.29, 1.82) is 0 Å². The van der Waals surface area contributed by atoms with Crippen molar-refractivity contribution >= 4 is 0 Å². The molecule has 2 aromatic rings. The van der Waals surface area contributed by atoms with Crippen LogP contribution in [0.4, 0.5) is 0 Å². The average molecular weight is 499 g/mol. The van der Waals surface area contributed by atoms with Crippen molar-refractivity contribution in [2.24, 2.45) is 23.7 Å². The molecule has 1 spiro atoms. The van der Waals surface area contributed by atoms with Crippen LogP contribution in [0.25, 0.3) is 0 Å². The lowest BCUT2D eigenvalue weighted by molar-refractivity contribution is 0.125. The molecule has 36 heavy (non-hydrogen) atoms. The van der Waals surface area contributed by atoms with Crippen LogP contribution in [0.15, 0.2) is 12.1 Å². The fourth-order valence-electron chi connectivity index (χ4n) is 8.77. The van der Waals surface area contributed by atoms with Gasteiger partial charge in [-0.05, 0) is 71.6 Å². The molecule has 0 saturated heterocycles. The highest BCUT2D eigenvalue weighted by atomic mass is 16.3. The van der Waals surface area contributed by atoms with Crippen molar-refractivity contribution in [3.05, 3.63) is 34.4 Å². The van der Waals surface area contributed by atoms with E-state index in [1.807, 2.05) is 0 Å². The molecule has 6 heteroatoms. The second kappa shape index (κ2) is 8.12. The van der Waals surface area contributed by atoms with Crippen LogP contribution in [0.2, 0.25) is 0 Å². The molecule has 198 valence electrons. The highest BCUT2D eigenvalue weighted by Gasteiger charge is 2.67. The quantitative estimate of drug-likeness (QED) is 0.262.